The van der Waals surface area contributed by atoms with Gasteiger partial charge in [-0.2, -0.15) is 0 Å². The van der Waals surface area contributed by atoms with Gasteiger partial charge in [-0.3, -0.25) is 9.59 Å². The monoisotopic (exact) mass is 228 g/mol. The van der Waals surface area contributed by atoms with Crippen LogP contribution in [0.5, 0.6) is 0 Å². The molecule has 0 aliphatic carbocycles. The van der Waals surface area contributed by atoms with E-state index >= 15 is 0 Å². The Kier molecular flexibility index (Phi) is 7.60. The number of hydrogen-bond acceptors (Lipinski definition) is 2. The van der Waals surface area contributed by atoms with Crippen molar-refractivity contribution in [3.63, 3.8) is 0 Å². The molecule has 0 radical (unpaired) electrons. The average molecular weight is 228 g/mol. The minimum absolute atomic E-state index is 0.0324. The van der Waals surface area contributed by atoms with E-state index in [1.54, 1.807) is 4.90 Å². The van der Waals surface area contributed by atoms with E-state index in [2.05, 4.69) is 12.2 Å². The molecule has 0 heterocycles. The molecule has 0 bridgehead atoms. The molecular weight excluding hydrogens is 204 g/mol. The highest BCUT2D eigenvalue weighted by molar-refractivity contribution is 5.83. The molecule has 0 fully saturated rings. The van der Waals surface area contributed by atoms with E-state index in [4.69, 9.17) is 0 Å². The van der Waals surface area contributed by atoms with Crippen LogP contribution in [0.1, 0.15) is 47.0 Å². The quantitative estimate of drug-likeness (QED) is 0.672. The van der Waals surface area contributed by atoms with E-state index in [0.717, 1.165) is 19.3 Å². The molecule has 0 aliphatic rings. The number of nitrogens with zero attached hydrogens (tertiary/aromatic N) is 1. The standard InChI is InChI=1S/C12H24N2O2/c1-5-6-7-8-14(11(4)15)9-12(16)13-10(2)3/h10H,5-9H2,1-4H3,(H,13,16). The molecule has 16 heavy (non-hydrogen) atoms. The minimum atomic E-state index is -0.0818. The van der Waals surface area contributed by atoms with Gasteiger partial charge >= 0.3 is 0 Å². The molecule has 2 amide bonds. The van der Waals surface area contributed by atoms with E-state index < -0.39 is 0 Å². The third-order valence-electron chi connectivity index (χ3n) is 2.26. The lowest BCUT2D eigenvalue weighted by Gasteiger charge is -2.21. The number of hydrogen-bond donors (Lipinski definition) is 1. The second kappa shape index (κ2) is 8.13. The lowest BCUT2D eigenvalue weighted by atomic mass is 10.2. The maximum Gasteiger partial charge on any atom is 0.239 e. The van der Waals surface area contributed by atoms with Crippen LogP contribution in [0.2, 0.25) is 0 Å². The molecule has 0 saturated heterocycles. The highest BCUT2D eigenvalue weighted by atomic mass is 16.2. The first kappa shape index (κ1) is 14.9. The van der Waals surface area contributed by atoms with Crippen molar-refractivity contribution in [3.05, 3.63) is 0 Å². The average Bonchev–Trinajstić information content (AvgIpc) is 2.15. The molecule has 4 nitrogen and oxygen atoms in total. The van der Waals surface area contributed by atoms with E-state index in [9.17, 15) is 9.59 Å². The second-order valence-corrected chi connectivity index (χ2v) is 4.37. The second-order valence-electron chi connectivity index (χ2n) is 4.37. The van der Waals surface area contributed by atoms with Crippen molar-refractivity contribution < 1.29 is 9.59 Å². The summed E-state index contributed by atoms with van der Waals surface area (Å²) in [4.78, 5) is 24.4. The van der Waals surface area contributed by atoms with Gasteiger partial charge in [0.05, 0.1) is 6.54 Å². The first-order valence-corrected chi connectivity index (χ1v) is 6.02. The fourth-order valence-corrected chi connectivity index (χ4v) is 1.44. The van der Waals surface area contributed by atoms with Crippen molar-refractivity contribution in [3.8, 4) is 0 Å². The van der Waals surface area contributed by atoms with Gasteiger partial charge in [0.25, 0.3) is 0 Å². The predicted octanol–water partition coefficient (Wildman–Crippen LogP) is 1.55. The normalized spacial score (nSPS) is 10.3. The van der Waals surface area contributed by atoms with Crippen molar-refractivity contribution in [1.29, 1.82) is 0 Å². The highest BCUT2D eigenvalue weighted by Gasteiger charge is 2.13. The summed E-state index contributed by atoms with van der Waals surface area (Å²) in [7, 11) is 0. The topological polar surface area (TPSA) is 49.4 Å². The fourth-order valence-electron chi connectivity index (χ4n) is 1.44. The summed E-state index contributed by atoms with van der Waals surface area (Å²) in [5, 5.41) is 2.79. The van der Waals surface area contributed by atoms with Crippen molar-refractivity contribution in [2.75, 3.05) is 13.1 Å². The smallest absolute Gasteiger partial charge is 0.239 e. The number of unbranched alkanes of at least 4 members (excludes halogenated alkanes) is 2. The first-order valence-electron chi connectivity index (χ1n) is 6.02. The largest absolute Gasteiger partial charge is 0.352 e. The van der Waals surface area contributed by atoms with Crippen LogP contribution in [0.4, 0.5) is 0 Å². The molecule has 0 spiro atoms. The molecule has 4 heteroatoms. The number of carbonyl (C=O) groups is 2. The van der Waals surface area contributed by atoms with Crippen LogP contribution in [-0.4, -0.2) is 35.8 Å². The summed E-state index contributed by atoms with van der Waals surface area (Å²) in [6, 6.07) is 0.122. The van der Waals surface area contributed by atoms with Crippen molar-refractivity contribution >= 4 is 11.8 Å². The number of amides is 2. The Balaban J connectivity index is 4.02. The summed E-state index contributed by atoms with van der Waals surface area (Å²) in [5.41, 5.74) is 0. The summed E-state index contributed by atoms with van der Waals surface area (Å²) < 4.78 is 0. The molecule has 1 N–H and O–H groups in total. The van der Waals surface area contributed by atoms with Crippen LogP contribution in [-0.2, 0) is 9.59 Å². The third-order valence-corrected chi connectivity index (χ3v) is 2.26. The zero-order valence-electron chi connectivity index (χ0n) is 10.9. The molecule has 94 valence electrons. The van der Waals surface area contributed by atoms with Gasteiger partial charge in [0.15, 0.2) is 0 Å². The van der Waals surface area contributed by atoms with Crippen LogP contribution >= 0.6 is 0 Å². The number of rotatable bonds is 7. The van der Waals surface area contributed by atoms with Gasteiger partial charge in [-0.25, -0.2) is 0 Å². The Hall–Kier alpha value is -1.06. The van der Waals surface area contributed by atoms with E-state index in [1.165, 1.54) is 6.92 Å². The lowest BCUT2D eigenvalue weighted by Crippen LogP contribution is -2.42. The SMILES string of the molecule is CCCCCN(CC(=O)NC(C)C)C(C)=O. The fraction of sp³-hybridized carbons (Fsp3) is 0.833. The van der Waals surface area contributed by atoms with Crippen molar-refractivity contribution in [2.45, 2.75) is 53.0 Å². The molecule has 0 aromatic carbocycles. The lowest BCUT2D eigenvalue weighted by molar-refractivity contribution is -0.134. The van der Waals surface area contributed by atoms with Crippen LogP contribution in [0, 0.1) is 0 Å². The van der Waals surface area contributed by atoms with Crippen molar-refractivity contribution in [2.24, 2.45) is 0 Å². The minimum Gasteiger partial charge on any atom is -0.352 e. The molecule has 0 aromatic heterocycles. The molecule has 0 saturated carbocycles. The zero-order chi connectivity index (χ0) is 12.6. The van der Waals surface area contributed by atoms with E-state index in [0.29, 0.717) is 6.54 Å². The van der Waals surface area contributed by atoms with Gasteiger partial charge < -0.3 is 10.2 Å². The molecule has 0 rings (SSSR count). The summed E-state index contributed by atoms with van der Waals surface area (Å²) in [5.74, 6) is -0.114. The predicted molar refractivity (Wildman–Crippen MR) is 65.1 cm³/mol. The molecule has 0 unspecified atom stereocenters. The van der Waals surface area contributed by atoms with Crippen molar-refractivity contribution in [1.82, 2.24) is 10.2 Å². The Morgan fingerprint density at radius 3 is 2.31 bits per heavy atom. The van der Waals surface area contributed by atoms with Gasteiger partial charge in [-0.05, 0) is 20.3 Å². The van der Waals surface area contributed by atoms with Gasteiger partial charge in [0.2, 0.25) is 11.8 Å². The third kappa shape index (κ3) is 7.26. The molecule has 0 aromatic rings. The van der Waals surface area contributed by atoms with Gasteiger partial charge in [0, 0.05) is 19.5 Å². The van der Waals surface area contributed by atoms with Gasteiger partial charge in [-0.1, -0.05) is 19.8 Å². The molecule has 0 aliphatic heterocycles. The van der Waals surface area contributed by atoms with E-state index in [1.807, 2.05) is 13.8 Å². The first-order chi connectivity index (χ1) is 7.47. The van der Waals surface area contributed by atoms with Crippen LogP contribution in [0.25, 0.3) is 0 Å². The number of carbonyl (C=O) groups excluding carboxylic acids is 2. The summed E-state index contributed by atoms with van der Waals surface area (Å²) in [6.07, 6.45) is 3.17. The van der Waals surface area contributed by atoms with Crippen LogP contribution < -0.4 is 5.32 Å². The summed E-state index contributed by atoms with van der Waals surface area (Å²) in [6.45, 7) is 8.30. The summed E-state index contributed by atoms with van der Waals surface area (Å²) >= 11 is 0. The van der Waals surface area contributed by atoms with E-state index in [-0.39, 0.29) is 24.4 Å². The van der Waals surface area contributed by atoms with Gasteiger partial charge in [0.1, 0.15) is 0 Å². The van der Waals surface area contributed by atoms with Crippen LogP contribution in [0.3, 0.4) is 0 Å². The van der Waals surface area contributed by atoms with Crippen LogP contribution in [0.15, 0.2) is 0 Å². The molecular formula is C12H24N2O2. The number of nitrogens with one attached hydrogen (secondary N) is 1. The Labute approximate surface area is 98.4 Å². The Bertz CT molecular complexity index is 227. The maximum atomic E-state index is 11.5. The Morgan fingerprint density at radius 1 is 1.25 bits per heavy atom. The highest BCUT2D eigenvalue weighted by Crippen LogP contribution is 1.99. The maximum absolute atomic E-state index is 11.5. The zero-order valence-corrected chi connectivity index (χ0v) is 10.9. The molecule has 0 atom stereocenters. The van der Waals surface area contributed by atoms with Gasteiger partial charge in [-0.15, -0.1) is 0 Å². The Morgan fingerprint density at radius 2 is 1.88 bits per heavy atom.